The molecule has 0 aliphatic rings. The third-order valence-electron chi connectivity index (χ3n) is 1.56. The van der Waals surface area contributed by atoms with Crippen LogP contribution >= 0.6 is 0 Å². The Kier molecular flexibility index (Phi) is 2.67. The number of alkyl halides is 5. The van der Waals surface area contributed by atoms with E-state index in [-0.39, 0.29) is 5.69 Å². The maximum Gasteiger partial charge on any atom is 0.451 e. The Balaban J connectivity index is 3.30. The van der Waals surface area contributed by atoms with Gasteiger partial charge in [-0.3, -0.25) is 0 Å². The van der Waals surface area contributed by atoms with Crippen LogP contribution in [0.2, 0.25) is 0 Å². The van der Waals surface area contributed by atoms with Crippen molar-refractivity contribution in [3.05, 3.63) is 23.3 Å². The van der Waals surface area contributed by atoms with Crippen molar-refractivity contribution in [2.45, 2.75) is 25.9 Å². The molecule has 0 atom stereocenters. The van der Waals surface area contributed by atoms with Crippen molar-refractivity contribution in [3.8, 4) is 0 Å². The minimum atomic E-state index is -4.81. The number of nitrogens with zero attached hydrogens (tertiary/aromatic N) is 2. The minimum Gasteiger partial charge on any atom is -0.230 e. The summed E-state index contributed by atoms with van der Waals surface area (Å²) >= 11 is 0. The Hall–Kier alpha value is -1.27. The summed E-state index contributed by atoms with van der Waals surface area (Å²) in [6.07, 6.45) is -4.81. The van der Waals surface area contributed by atoms with Crippen LogP contribution in [-0.4, -0.2) is 9.97 Å². The molecule has 2 nitrogen and oxygen atoms in total. The van der Waals surface area contributed by atoms with Crippen molar-refractivity contribution >= 4 is 0 Å². The van der Waals surface area contributed by atoms with Crippen LogP contribution in [0.25, 0.3) is 0 Å². The lowest BCUT2D eigenvalue weighted by Gasteiger charge is -2.12. The summed E-state index contributed by atoms with van der Waals surface area (Å²) in [4.78, 5) is 5.84. The van der Waals surface area contributed by atoms with E-state index in [2.05, 4.69) is 9.97 Å². The Morgan fingerprint density at radius 3 is 2.00 bits per heavy atom. The molecule has 1 rings (SSSR count). The number of rotatable bonds is 1. The quantitative estimate of drug-likeness (QED) is 0.688. The van der Waals surface area contributed by atoms with Crippen molar-refractivity contribution in [2.75, 3.05) is 0 Å². The fourth-order valence-electron chi connectivity index (χ4n) is 0.920. The molecular formula is C8H7F5N2. The van der Waals surface area contributed by atoms with Crippen LogP contribution in [0, 0.1) is 6.92 Å². The zero-order chi connectivity index (χ0) is 11.9. The van der Waals surface area contributed by atoms with Gasteiger partial charge < -0.3 is 0 Å². The molecule has 0 amide bonds. The molecule has 1 heterocycles. The van der Waals surface area contributed by atoms with E-state index in [1.165, 1.54) is 6.92 Å². The molecule has 0 aliphatic heterocycles. The Morgan fingerprint density at radius 1 is 1.07 bits per heavy atom. The molecule has 0 aromatic carbocycles. The largest absolute Gasteiger partial charge is 0.451 e. The van der Waals surface area contributed by atoms with Crippen molar-refractivity contribution in [1.29, 1.82) is 0 Å². The smallest absolute Gasteiger partial charge is 0.230 e. The second-order valence-corrected chi connectivity index (χ2v) is 3.10. The molecule has 0 fully saturated rings. The van der Waals surface area contributed by atoms with Gasteiger partial charge in [0.2, 0.25) is 5.82 Å². The average molecular weight is 226 g/mol. The molecule has 15 heavy (non-hydrogen) atoms. The highest BCUT2D eigenvalue weighted by Crippen LogP contribution is 2.30. The van der Waals surface area contributed by atoms with Crippen molar-refractivity contribution in [2.24, 2.45) is 0 Å². The van der Waals surface area contributed by atoms with Crippen molar-refractivity contribution < 1.29 is 22.0 Å². The van der Waals surface area contributed by atoms with E-state index >= 15 is 0 Å². The molecule has 0 aliphatic carbocycles. The summed E-state index contributed by atoms with van der Waals surface area (Å²) in [5, 5.41) is 0. The standard InChI is InChI=1S/C8H7F5N2/c1-4-3-5(7(2,9)10)15-6(14-4)8(11,12)13/h3H,1-2H3. The van der Waals surface area contributed by atoms with Crippen LogP contribution in [0.15, 0.2) is 6.07 Å². The number of aryl methyl sites for hydroxylation is 1. The minimum absolute atomic E-state index is 0.145. The molecule has 0 bridgehead atoms. The summed E-state index contributed by atoms with van der Waals surface area (Å²) < 4.78 is 62.0. The number of halogens is 5. The highest BCUT2D eigenvalue weighted by atomic mass is 19.4. The second kappa shape index (κ2) is 3.39. The van der Waals surface area contributed by atoms with Crippen LogP contribution < -0.4 is 0 Å². The summed E-state index contributed by atoms with van der Waals surface area (Å²) in [5.41, 5.74) is -1.07. The summed E-state index contributed by atoms with van der Waals surface area (Å²) in [6.45, 7) is 1.68. The van der Waals surface area contributed by atoms with E-state index in [1.54, 1.807) is 0 Å². The Labute approximate surface area is 82.2 Å². The molecule has 0 saturated carbocycles. The van der Waals surface area contributed by atoms with Crippen molar-refractivity contribution in [1.82, 2.24) is 9.97 Å². The number of hydrogen-bond donors (Lipinski definition) is 0. The van der Waals surface area contributed by atoms with Gasteiger partial charge in [-0.25, -0.2) is 9.97 Å². The average Bonchev–Trinajstić information content (AvgIpc) is 1.99. The molecule has 1 aromatic rings. The first kappa shape index (κ1) is 11.8. The number of aromatic nitrogens is 2. The normalized spacial score (nSPS) is 13.0. The van der Waals surface area contributed by atoms with Crippen LogP contribution in [0.5, 0.6) is 0 Å². The third-order valence-corrected chi connectivity index (χ3v) is 1.56. The second-order valence-electron chi connectivity index (χ2n) is 3.10. The molecule has 0 saturated heterocycles. The van der Waals surface area contributed by atoms with Gasteiger partial charge in [-0.2, -0.15) is 22.0 Å². The van der Waals surface area contributed by atoms with Crippen LogP contribution in [0.1, 0.15) is 24.1 Å². The van der Waals surface area contributed by atoms with E-state index < -0.39 is 23.6 Å². The van der Waals surface area contributed by atoms with Crippen LogP contribution in [-0.2, 0) is 12.1 Å². The highest BCUT2D eigenvalue weighted by molar-refractivity contribution is 5.15. The van der Waals surface area contributed by atoms with Crippen LogP contribution in [0.4, 0.5) is 22.0 Å². The van der Waals surface area contributed by atoms with Gasteiger partial charge in [0.05, 0.1) is 0 Å². The molecule has 7 heteroatoms. The third kappa shape index (κ3) is 2.84. The zero-order valence-corrected chi connectivity index (χ0v) is 7.86. The molecule has 0 unspecified atom stereocenters. The van der Waals surface area contributed by atoms with Gasteiger partial charge in [0.1, 0.15) is 5.69 Å². The summed E-state index contributed by atoms with van der Waals surface area (Å²) in [6, 6.07) is 0.829. The Bertz CT molecular complexity index is 334. The van der Waals surface area contributed by atoms with E-state index in [0.717, 1.165) is 6.07 Å². The first-order valence-electron chi connectivity index (χ1n) is 3.92. The zero-order valence-electron chi connectivity index (χ0n) is 7.86. The van der Waals surface area contributed by atoms with E-state index in [4.69, 9.17) is 0 Å². The number of hydrogen-bond acceptors (Lipinski definition) is 2. The van der Waals surface area contributed by atoms with Gasteiger partial charge in [-0.05, 0) is 13.0 Å². The monoisotopic (exact) mass is 226 g/mol. The fourth-order valence-corrected chi connectivity index (χ4v) is 0.920. The molecular weight excluding hydrogens is 219 g/mol. The molecule has 0 radical (unpaired) electrons. The first-order chi connectivity index (χ1) is 6.60. The van der Waals surface area contributed by atoms with Crippen LogP contribution in [0.3, 0.4) is 0 Å². The lowest BCUT2D eigenvalue weighted by molar-refractivity contribution is -0.145. The predicted molar refractivity (Wildman–Crippen MR) is 41.3 cm³/mol. The SMILES string of the molecule is Cc1cc(C(C)(F)F)nc(C(F)(F)F)n1. The maximum absolute atomic E-state index is 12.7. The van der Waals surface area contributed by atoms with Gasteiger partial charge >= 0.3 is 6.18 Å². The first-order valence-corrected chi connectivity index (χ1v) is 3.92. The lowest BCUT2D eigenvalue weighted by atomic mass is 10.2. The Morgan fingerprint density at radius 2 is 1.60 bits per heavy atom. The summed E-state index contributed by atoms with van der Waals surface area (Å²) in [7, 11) is 0. The van der Waals surface area contributed by atoms with Gasteiger partial charge in [0.25, 0.3) is 5.92 Å². The predicted octanol–water partition coefficient (Wildman–Crippen LogP) is 2.92. The van der Waals surface area contributed by atoms with Crippen molar-refractivity contribution in [3.63, 3.8) is 0 Å². The summed E-state index contributed by atoms with van der Waals surface area (Å²) in [5.74, 6) is -4.95. The molecule has 84 valence electrons. The van der Waals surface area contributed by atoms with Gasteiger partial charge in [-0.15, -0.1) is 0 Å². The highest BCUT2D eigenvalue weighted by Gasteiger charge is 2.37. The molecule has 0 spiro atoms. The van der Waals surface area contributed by atoms with E-state index in [1.807, 2.05) is 0 Å². The molecule has 0 N–H and O–H groups in total. The molecule has 1 aromatic heterocycles. The van der Waals surface area contributed by atoms with Gasteiger partial charge in [-0.1, -0.05) is 0 Å². The van der Waals surface area contributed by atoms with E-state index in [9.17, 15) is 22.0 Å². The van der Waals surface area contributed by atoms with E-state index in [0.29, 0.717) is 6.92 Å². The lowest BCUT2D eigenvalue weighted by Crippen LogP contribution is -2.18. The topological polar surface area (TPSA) is 25.8 Å². The van der Waals surface area contributed by atoms with Gasteiger partial charge in [0, 0.05) is 12.6 Å². The van der Waals surface area contributed by atoms with Gasteiger partial charge in [0.15, 0.2) is 0 Å². The fraction of sp³-hybridized carbons (Fsp3) is 0.500. The maximum atomic E-state index is 12.7.